The molecule has 0 aliphatic carbocycles. The second-order valence-corrected chi connectivity index (χ2v) is 3.49. The molecule has 0 saturated carbocycles. The maximum absolute atomic E-state index is 10.6. The molecular formula is C13H12O4. The summed E-state index contributed by atoms with van der Waals surface area (Å²) < 4.78 is 10.5. The summed E-state index contributed by atoms with van der Waals surface area (Å²) in [5.74, 6) is -0.373. The van der Waals surface area contributed by atoms with Crippen molar-refractivity contribution < 1.29 is 19.1 Å². The van der Waals surface area contributed by atoms with Crippen LogP contribution in [0.4, 0.5) is 0 Å². The van der Waals surface area contributed by atoms with Crippen molar-refractivity contribution in [1.82, 2.24) is 0 Å². The van der Waals surface area contributed by atoms with Crippen LogP contribution in [0.5, 0.6) is 11.7 Å². The summed E-state index contributed by atoms with van der Waals surface area (Å²) in [7, 11) is 0. The molecule has 1 heterocycles. The van der Waals surface area contributed by atoms with E-state index < -0.39 is 5.97 Å². The third kappa shape index (κ3) is 2.47. The van der Waals surface area contributed by atoms with Crippen molar-refractivity contribution in [1.29, 1.82) is 0 Å². The van der Waals surface area contributed by atoms with Crippen LogP contribution in [-0.2, 0) is 6.42 Å². The molecule has 2 rings (SSSR count). The number of para-hydroxylation sites is 1. The van der Waals surface area contributed by atoms with E-state index in [1.165, 1.54) is 12.1 Å². The van der Waals surface area contributed by atoms with Gasteiger partial charge in [-0.25, -0.2) is 4.79 Å². The van der Waals surface area contributed by atoms with Crippen LogP contribution in [0.1, 0.15) is 23.0 Å². The molecule has 0 radical (unpaired) electrons. The van der Waals surface area contributed by atoms with E-state index in [0.717, 1.165) is 12.0 Å². The third-order valence-corrected chi connectivity index (χ3v) is 2.36. The monoisotopic (exact) mass is 232 g/mol. The summed E-state index contributed by atoms with van der Waals surface area (Å²) in [6.07, 6.45) is 0.836. The Morgan fingerprint density at radius 3 is 2.71 bits per heavy atom. The van der Waals surface area contributed by atoms with E-state index in [0.29, 0.717) is 5.75 Å². The van der Waals surface area contributed by atoms with Gasteiger partial charge in [0.15, 0.2) is 0 Å². The number of carboxylic acid groups (broad SMARTS) is 1. The largest absolute Gasteiger partial charge is 0.475 e. The van der Waals surface area contributed by atoms with Gasteiger partial charge in [0.25, 0.3) is 5.95 Å². The second kappa shape index (κ2) is 4.74. The fourth-order valence-corrected chi connectivity index (χ4v) is 1.49. The van der Waals surface area contributed by atoms with Crippen molar-refractivity contribution in [3.63, 3.8) is 0 Å². The first-order chi connectivity index (χ1) is 8.20. The van der Waals surface area contributed by atoms with Gasteiger partial charge in [-0.15, -0.1) is 0 Å². The standard InChI is InChI=1S/C13H12O4/c1-2-9-5-3-4-6-10(9)16-12-8-7-11(17-12)13(14)15/h3-8H,2H2,1H3,(H,14,15). The fraction of sp³-hybridized carbons (Fsp3) is 0.154. The van der Waals surface area contributed by atoms with E-state index in [4.69, 9.17) is 14.3 Å². The van der Waals surface area contributed by atoms with Crippen LogP contribution < -0.4 is 4.74 Å². The van der Waals surface area contributed by atoms with Gasteiger partial charge in [-0.2, -0.15) is 0 Å². The molecule has 0 spiro atoms. The highest BCUT2D eigenvalue weighted by molar-refractivity contribution is 5.84. The van der Waals surface area contributed by atoms with Crippen molar-refractivity contribution in [2.24, 2.45) is 0 Å². The molecule has 1 aromatic carbocycles. The second-order valence-electron chi connectivity index (χ2n) is 3.49. The molecule has 2 aromatic rings. The van der Waals surface area contributed by atoms with Crippen molar-refractivity contribution >= 4 is 5.97 Å². The number of hydrogen-bond donors (Lipinski definition) is 1. The number of carboxylic acids is 1. The van der Waals surface area contributed by atoms with E-state index in [1.54, 1.807) is 0 Å². The van der Waals surface area contributed by atoms with Gasteiger partial charge in [-0.3, -0.25) is 0 Å². The number of carbonyl (C=O) groups is 1. The summed E-state index contributed by atoms with van der Waals surface area (Å²) >= 11 is 0. The van der Waals surface area contributed by atoms with Gasteiger partial charge < -0.3 is 14.3 Å². The Kier molecular flexibility index (Phi) is 3.14. The lowest BCUT2D eigenvalue weighted by Crippen LogP contribution is -1.92. The molecule has 0 saturated heterocycles. The topological polar surface area (TPSA) is 59.7 Å². The SMILES string of the molecule is CCc1ccccc1Oc1ccc(C(=O)O)o1. The number of furan rings is 1. The van der Waals surface area contributed by atoms with Gasteiger partial charge >= 0.3 is 5.97 Å². The van der Waals surface area contributed by atoms with E-state index in [-0.39, 0.29) is 11.7 Å². The summed E-state index contributed by atoms with van der Waals surface area (Å²) in [5, 5.41) is 8.72. The Hall–Kier alpha value is -2.23. The van der Waals surface area contributed by atoms with Gasteiger partial charge in [0.05, 0.1) is 0 Å². The van der Waals surface area contributed by atoms with E-state index in [9.17, 15) is 4.79 Å². The normalized spacial score (nSPS) is 10.2. The first-order valence-corrected chi connectivity index (χ1v) is 5.29. The lowest BCUT2D eigenvalue weighted by molar-refractivity contribution is 0.0657. The number of hydrogen-bond acceptors (Lipinski definition) is 3. The molecule has 4 heteroatoms. The summed E-state index contributed by atoms with van der Waals surface area (Å²) in [5.41, 5.74) is 1.04. The van der Waals surface area contributed by atoms with Crippen LogP contribution in [-0.4, -0.2) is 11.1 Å². The molecule has 17 heavy (non-hydrogen) atoms. The van der Waals surface area contributed by atoms with Crippen molar-refractivity contribution in [2.45, 2.75) is 13.3 Å². The molecule has 88 valence electrons. The highest BCUT2D eigenvalue weighted by Crippen LogP contribution is 2.27. The van der Waals surface area contributed by atoms with E-state index in [1.807, 2.05) is 31.2 Å². The predicted octanol–water partition coefficient (Wildman–Crippen LogP) is 3.33. The smallest absolute Gasteiger partial charge is 0.371 e. The number of aromatic carboxylic acids is 1. The van der Waals surface area contributed by atoms with Gasteiger partial charge in [0.1, 0.15) is 5.75 Å². The molecule has 0 amide bonds. The maximum Gasteiger partial charge on any atom is 0.371 e. The van der Waals surface area contributed by atoms with Crippen molar-refractivity contribution in [3.8, 4) is 11.7 Å². The Morgan fingerprint density at radius 2 is 2.06 bits per heavy atom. The zero-order chi connectivity index (χ0) is 12.3. The van der Waals surface area contributed by atoms with Gasteiger partial charge in [-0.05, 0) is 24.1 Å². The first kappa shape index (κ1) is 11.3. The summed E-state index contributed by atoms with van der Waals surface area (Å²) in [6, 6.07) is 10.4. The lowest BCUT2D eigenvalue weighted by Gasteiger charge is -2.06. The van der Waals surface area contributed by atoms with Crippen LogP contribution in [0.25, 0.3) is 0 Å². The average molecular weight is 232 g/mol. The van der Waals surface area contributed by atoms with Crippen LogP contribution >= 0.6 is 0 Å². The summed E-state index contributed by atoms with van der Waals surface area (Å²) in [6.45, 7) is 2.02. The molecular weight excluding hydrogens is 220 g/mol. The quantitative estimate of drug-likeness (QED) is 0.878. The van der Waals surface area contributed by atoms with Crippen molar-refractivity contribution in [3.05, 3.63) is 47.7 Å². The first-order valence-electron chi connectivity index (χ1n) is 5.29. The molecule has 0 unspecified atom stereocenters. The minimum absolute atomic E-state index is 0.131. The van der Waals surface area contributed by atoms with Crippen LogP contribution in [0.2, 0.25) is 0 Å². The van der Waals surface area contributed by atoms with Crippen LogP contribution in [0, 0.1) is 0 Å². The van der Waals surface area contributed by atoms with Crippen LogP contribution in [0.3, 0.4) is 0 Å². The Bertz CT molecular complexity index is 528. The minimum atomic E-state index is -1.11. The number of rotatable bonds is 4. The fourth-order valence-electron chi connectivity index (χ4n) is 1.49. The Morgan fingerprint density at radius 1 is 1.29 bits per heavy atom. The zero-order valence-corrected chi connectivity index (χ0v) is 9.34. The predicted molar refractivity (Wildman–Crippen MR) is 61.6 cm³/mol. The van der Waals surface area contributed by atoms with E-state index in [2.05, 4.69) is 0 Å². The molecule has 0 aliphatic rings. The third-order valence-electron chi connectivity index (χ3n) is 2.36. The highest BCUT2D eigenvalue weighted by atomic mass is 16.6. The molecule has 0 atom stereocenters. The summed E-state index contributed by atoms with van der Waals surface area (Å²) in [4.78, 5) is 10.6. The van der Waals surface area contributed by atoms with Gasteiger partial charge in [0.2, 0.25) is 5.76 Å². The van der Waals surface area contributed by atoms with Gasteiger partial charge in [0, 0.05) is 6.07 Å². The average Bonchev–Trinajstić information content (AvgIpc) is 2.78. The minimum Gasteiger partial charge on any atom is -0.475 e. The molecule has 0 aliphatic heterocycles. The molecule has 0 bridgehead atoms. The maximum atomic E-state index is 10.6. The number of benzene rings is 1. The van der Waals surface area contributed by atoms with Crippen LogP contribution in [0.15, 0.2) is 40.8 Å². The Labute approximate surface area is 98.4 Å². The molecule has 1 aromatic heterocycles. The molecule has 0 fully saturated rings. The zero-order valence-electron chi connectivity index (χ0n) is 9.34. The number of ether oxygens (including phenoxy) is 1. The number of aryl methyl sites for hydroxylation is 1. The lowest BCUT2D eigenvalue weighted by atomic mass is 10.1. The van der Waals surface area contributed by atoms with Gasteiger partial charge in [-0.1, -0.05) is 25.1 Å². The molecule has 1 N–H and O–H groups in total. The highest BCUT2D eigenvalue weighted by Gasteiger charge is 2.11. The Balaban J connectivity index is 2.22. The van der Waals surface area contributed by atoms with Crippen molar-refractivity contribution in [2.75, 3.05) is 0 Å². The molecule has 4 nitrogen and oxygen atoms in total. The van der Waals surface area contributed by atoms with E-state index >= 15 is 0 Å².